The summed E-state index contributed by atoms with van der Waals surface area (Å²) < 4.78 is 36.6. The fourth-order valence-corrected chi connectivity index (χ4v) is 2.40. The molecule has 22 heavy (non-hydrogen) atoms. The molecular weight excluding hydrogens is 337 g/mol. The number of halogens is 4. The number of nitrogens with one attached hydrogen (secondary N) is 1. The zero-order valence-corrected chi connectivity index (χ0v) is 13.9. The summed E-state index contributed by atoms with van der Waals surface area (Å²) in [4.78, 5) is 12.0. The molecule has 1 amide bonds. The second-order valence-corrected chi connectivity index (χ2v) is 6.25. The molecular formula is C14H20ClF3N2OS. The van der Waals surface area contributed by atoms with Crippen LogP contribution in [-0.2, 0) is 0 Å². The lowest BCUT2D eigenvalue weighted by Gasteiger charge is -2.18. The lowest BCUT2D eigenvalue weighted by molar-refractivity contribution is -0.0328. The highest BCUT2D eigenvalue weighted by atomic mass is 35.5. The lowest BCUT2D eigenvalue weighted by Crippen LogP contribution is -2.41. The smallest absolute Gasteiger partial charge is 0.348 e. The number of nitrogens with two attached hydrogens (primary N) is 1. The van der Waals surface area contributed by atoms with Crippen LogP contribution in [0.1, 0.15) is 30.6 Å². The van der Waals surface area contributed by atoms with Gasteiger partial charge in [0.1, 0.15) is 0 Å². The van der Waals surface area contributed by atoms with Gasteiger partial charge in [-0.15, -0.1) is 12.4 Å². The molecule has 8 heteroatoms. The zero-order valence-electron chi connectivity index (χ0n) is 12.3. The standard InChI is InChI=1S/C14H19F3N2OS.ClH/c1-9(2)7-11(8-18)19-13(20)10-3-5-12(6-4-10)21-14(15,16)17;/h3-6,9,11H,7-8,18H2,1-2H3,(H,19,20);1H. The Morgan fingerprint density at radius 3 is 2.23 bits per heavy atom. The van der Waals surface area contributed by atoms with Crippen molar-refractivity contribution in [3.8, 4) is 0 Å². The number of carbonyl (C=O) groups excluding carboxylic acids is 1. The molecule has 0 saturated carbocycles. The minimum absolute atomic E-state index is 0. The number of carbonyl (C=O) groups is 1. The van der Waals surface area contributed by atoms with Crippen LogP contribution in [0.15, 0.2) is 29.2 Å². The van der Waals surface area contributed by atoms with E-state index >= 15 is 0 Å². The number of alkyl halides is 3. The Labute approximate surface area is 138 Å². The topological polar surface area (TPSA) is 55.1 Å². The van der Waals surface area contributed by atoms with Crippen molar-refractivity contribution in [3.05, 3.63) is 29.8 Å². The van der Waals surface area contributed by atoms with Gasteiger partial charge in [-0.25, -0.2) is 0 Å². The zero-order chi connectivity index (χ0) is 16.0. The number of hydrogen-bond acceptors (Lipinski definition) is 3. The van der Waals surface area contributed by atoms with Gasteiger partial charge in [0.25, 0.3) is 5.91 Å². The van der Waals surface area contributed by atoms with Crippen molar-refractivity contribution in [2.75, 3.05) is 6.54 Å². The molecule has 1 atom stereocenters. The number of amides is 1. The van der Waals surface area contributed by atoms with Gasteiger partial charge in [-0.05, 0) is 48.4 Å². The van der Waals surface area contributed by atoms with Crippen LogP contribution in [0.3, 0.4) is 0 Å². The summed E-state index contributed by atoms with van der Waals surface area (Å²) in [7, 11) is 0. The van der Waals surface area contributed by atoms with Crippen molar-refractivity contribution in [2.45, 2.75) is 36.7 Å². The first kappa shape index (κ1) is 21.1. The quantitative estimate of drug-likeness (QED) is 0.762. The molecule has 3 nitrogen and oxygen atoms in total. The van der Waals surface area contributed by atoms with Gasteiger partial charge in [-0.1, -0.05) is 13.8 Å². The molecule has 0 aliphatic carbocycles. The molecule has 3 N–H and O–H groups in total. The van der Waals surface area contributed by atoms with Crippen molar-refractivity contribution in [1.82, 2.24) is 5.32 Å². The maximum Gasteiger partial charge on any atom is 0.446 e. The molecule has 0 aliphatic heterocycles. The van der Waals surface area contributed by atoms with Gasteiger partial charge in [0.15, 0.2) is 0 Å². The Hall–Kier alpha value is -0.920. The second-order valence-electron chi connectivity index (χ2n) is 5.11. The highest BCUT2D eigenvalue weighted by Crippen LogP contribution is 2.36. The fraction of sp³-hybridized carbons (Fsp3) is 0.500. The summed E-state index contributed by atoms with van der Waals surface area (Å²) in [6.07, 6.45) is 0.754. The number of thioether (sulfide) groups is 1. The van der Waals surface area contributed by atoms with Crippen LogP contribution in [-0.4, -0.2) is 24.0 Å². The summed E-state index contributed by atoms with van der Waals surface area (Å²) in [6, 6.07) is 5.19. The van der Waals surface area contributed by atoms with E-state index in [1.807, 2.05) is 13.8 Å². The van der Waals surface area contributed by atoms with E-state index < -0.39 is 5.51 Å². The van der Waals surface area contributed by atoms with E-state index in [0.717, 1.165) is 6.42 Å². The molecule has 0 radical (unpaired) electrons. The Balaban J connectivity index is 0.00000441. The van der Waals surface area contributed by atoms with Crippen molar-refractivity contribution in [1.29, 1.82) is 0 Å². The predicted octanol–water partition coefficient (Wildman–Crippen LogP) is 3.82. The van der Waals surface area contributed by atoms with E-state index in [0.29, 0.717) is 18.0 Å². The van der Waals surface area contributed by atoms with Gasteiger partial charge in [0.05, 0.1) is 0 Å². The average Bonchev–Trinajstić information content (AvgIpc) is 2.36. The Morgan fingerprint density at radius 2 is 1.82 bits per heavy atom. The van der Waals surface area contributed by atoms with E-state index in [1.165, 1.54) is 24.3 Å². The summed E-state index contributed by atoms with van der Waals surface area (Å²) in [5.41, 5.74) is 1.59. The maximum atomic E-state index is 12.2. The first-order valence-corrected chi connectivity index (χ1v) is 7.39. The van der Waals surface area contributed by atoms with Crippen LogP contribution in [0, 0.1) is 5.92 Å². The molecule has 0 aliphatic rings. The largest absolute Gasteiger partial charge is 0.446 e. The number of rotatable bonds is 6. The van der Waals surface area contributed by atoms with Crippen LogP contribution in [0.4, 0.5) is 13.2 Å². The lowest BCUT2D eigenvalue weighted by atomic mass is 10.0. The molecule has 0 aromatic heterocycles. The highest BCUT2D eigenvalue weighted by Gasteiger charge is 2.29. The molecule has 126 valence electrons. The molecule has 0 bridgehead atoms. The van der Waals surface area contributed by atoms with Crippen LogP contribution in [0.5, 0.6) is 0 Å². The number of benzene rings is 1. The van der Waals surface area contributed by atoms with Gasteiger partial charge < -0.3 is 11.1 Å². The van der Waals surface area contributed by atoms with E-state index in [-0.39, 0.29) is 41.0 Å². The normalized spacial score (nSPS) is 12.7. The molecule has 1 aromatic carbocycles. The predicted molar refractivity (Wildman–Crippen MR) is 85.4 cm³/mol. The SMILES string of the molecule is CC(C)CC(CN)NC(=O)c1ccc(SC(F)(F)F)cc1.Cl. The molecule has 1 unspecified atom stereocenters. The highest BCUT2D eigenvalue weighted by molar-refractivity contribution is 8.00. The maximum absolute atomic E-state index is 12.2. The minimum Gasteiger partial charge on any atom is -0.348 e. The third-order valence-electron chi connectivity index (χ3n) is 2.73. The first-order chi connectivity index (χ1) is 9.71. The molecule has 0 heterocycles. The fourth-order valence-electron chi connectivity index (χ4n) is 1.86. The Kier molecular flexibility index (Phi) is 8.88. The van der Waals surface area contributed by atoms with E-state index in [1.54, 1.807) is 0 Å². The van der Waals surface area contributed by atoms with Crippen molar-refractivity contribution >= 4 is 30.1 Å². The van der Waals surface area contributed by atoms with Gasteiger partial charge in [-0.3, -0.25) is 4.79 Å². The van der Waals surface area contributed by atoms with Crippen molar-refractivity contribution < 1.29 is 18.0 Å². The summed E-state index contributed by atoms with van der Waals surface area (Å²) >= 11 is -0.204. The minimum atomic E-state index is -4.33. The third-order valence-corrected chi connectivity index (χ3v) is 3.47. The summed E-state index contributed by atoms with van der Waals surface area (Å²) in [6.45, 7) is 4.38. The second kappa shape index (κ2) is 9.27. The van der Waals surface area contributed by atoms with E-state index in [9.17, 15) is 18.0 Å². The summed E-state index contributed by atoms with van der Waals surface area (Å²) in [5.74, 6) is 0.0686. The first-order valence-electron chi connectivity index (χ1n) is 6.58. The van der Waals surface area contributed by atoms with Crippen LogP contribution in [0.25, 0.3) is 0 Å². The molecule has 0 saturated heterocycles. The monoisotopic (exact) mass is 356 g/mol. The molecule has 1 rings (SSSR count). The average molecular weight is 357 g/mol. The van der Waals surface area contributed by atoms with Gasteiger partial charge in [0, 0.05) is 23.0 Å². The third kappa shape index (κ3) is 7.91. The van der Waals surface area contributed by atoms with Crippen molar-refractivity contribution in [3.63, 3.8) is 0 Å². The Morgan fingerprint density at radius 1 is 1.27 bits per heavy atom. The molecule has 1 aromatic rings. The van der Waals surface area contributed by atoms with Gasteiger partial charge >= 0.3 is 5.51 Å². The van der Waals surface area contributed by atoms with Crippen LogP contribution < -0.4 is 11.1 Å². The van der Waals surface area contributed by atoms with Crippen molar-refractivity contribution in [2.24, 2.45) is 11.7 Å². The summed E-state index contributed by atoms with van der Waals surface area (Å²) in [5, 5.41) is 2.79. The molecule has 0 fully saturated rings. The Bertz CT molecular complexity index is 466. The molecule has 0 spiro atoms. The van der Waals surface area contributed by atoms with Gasteiger partial charge in [-0.2, -0.15) is 13.2 Å². The van der Waals surface area contributed by atoms with Crippen LogP contribution in [0.2, 0.25) is 0 Å². The number of hydrogen-bond donors (Lipinski definition) is 2. The van der Waals surface area contributed by atoms with Crippen LogP contribution >= 0.6 is 24.2 Å². The van der Waals surface area contributed by atoms with Gasteiger partial charge in [0.2, 0.25) is 0 Å². The van der Waals surface area contributed by atoms with E-state index in [2.05, 4.69) is 5.32 Å². The van der Waals surface area contributed by atoms with E-state index in [4.69, 9.17) is 5.73 Å².